The van der Waals surface area contributed by atoms with Gasteiger partial charge in [0.05, 0.1) is 7.11 Å². The number of ether oxygens (including phenoxy) is 1. The number of nitrogens with zero attached hydrogens (tertiary/aromatic N) is 2. The Hall–Kier alpha value is -3.83. The van der Waals surface area contributed by atoms with Gasteiger partial charge in [-0.3, -0.25) is 9.59 Å². The third-order valence-corrected chi connectivity index (χ3v) is 4.67. The molecule has 2 aromatic heterocycles. The number of benzene rings is 1. The molecule has 178 valence electrons. The Balaban J connectivity index is 0.000000379. The summed E-state index contributed by atoms with van der Waals surface area (Å²) < 4.78 is 5.01. The van der Waals surface area contributed by atoms with Crippen molar-refractivity contribution in [1.29, 1.82) is 0 Å². The molecule has 3 N–H and O–H groups in total. The van der Waals surface area contributed by atoms with Crippen molar-refractivity contribution in [2.75, 3.05) is 25.5 Å². The molecular formula is C25H28ClN5O3. The number of H-pyrrole nitrogens is 1. The fraction of sp³-hybridized carbons (Fsp3) is 0.280. The molecule has 3 rings (SSSR count). The second kappa shape index (κ2) is 15.1. The second-order valence-electron chi connectivity index (χ2n) is 6.85. The molecule has 34 heavy (non-hydrogen) atoms. The van der Waals surface area contributed by atoms with Crippen molar-refractivity contribution >= 4 is 23.5 Å². The molecular weight excluding hydrogens is 454 g/mol. The van der Waals surface area contributed by atoms with Crippen molar-refractivity contribution in [3.63, 3.8) is 0 Å². The highest BCUT2D eigenvalue weighted by Gasteiger charge is 2.07. The SMILES string of the molecule is CCc1ccc(Cl)cc1.COc1ccnc(NCCC#CCCNC(=O)c2ccc[nH]c2=O)n1. The number of aromatic amines is 1. The first-order valence-electron chi connectivity index (χ1n) is 10.8. The third-order valence-electron chi connectivity index (χ3n) is 4.42. The topological polar surface area (TPSA) is 109 Å². The van der Waals surface area contributed by atoms with Gasteiger partial charge in [-0.25, -0.2) is 4.98 Å². The van der Waals surface area contributed by atoms with Crippen molar-refractivity contribution in [3.8, 4) is 17.7 Å². The zero-order valence-corrected chi connectivity index (χ0v) is 20.0. The van der Waals surface area contributed by atoms with Crippen LogP contribution >= 0.6 is 11.6 Å². The van der Waals surface area contributed by atoms with Crippen LogP contribution in [-0.2, 0) is 6.42 Å². The normalized spacial score (nSPS) is 9.62. The van der Waals surface area contributed by atoms with Gasteiger partial charge in [0.1, 0.15) is 5.56 Å². The van der Waals surface area contributed by atoms with Gasteiger partial charge >= 0.3 is 0 Å². The van der Waals surface area contributed by atoms with Crippen LogP contribution < -0.4 is 20.9 Å². The predicted octanol–water partition coefficient (Wildman–Crippen LogP) is 3.70. The molecule has 1 aromatic carbocycles. The number of nitrogens with one attached hydrogen (secondary N) is 3. The van der Waals surface area contributed by atoms with Gasteiger partial charge in [0, 0.05) is 49.4 Å². The van der Waals surface area contributed by atoms with Crippen molar-refractivity contribution in [2.45, 2.75) is 26.2 Å². The highest BCUT2D eigenvalue weighted by atomic mass is 35.5. The molecule has 0 saturated heterocycles. The number of anilines is 1. The number of carbonyl (C=O) groups excluding carboxylic acids is 1. The molecule has 9 heteroatoms. The van der Waals surface area contributed by atoms with E-state index >= 15 is 0 Å². The first-order valence-corrected chi connectivity index (χ1v) is 11.2. The van der Waals surface area contributed by atoms with Crippen molar-refractivity contribution in [1.82, 2.24) is 20.3 Å². The molecule has 0 radical (unpaired) electrons. The first kappa shape index (κ1) is 26.4. The quantitative estimate of drug-likeness (QED) is 0.334. The van der Waals surface area contributed by atoms with Crippen LogP contribution in [0.5, 0.6) is 5.88 Å². The summed E-state index contributed by atoms with van der Waals surface area (Å²) in [5.74, 6) is 6.53. The molecule has 0 aliphatic carbocycles. The lowest BCUT2D eigenvalue weighted by molar-refractivity contribution is 0.0953. The van der Waals surface area contributed by atoms with Gasteiger partial charge in [0.15, 0.2) is 0 Å². The molecule has 0 spiro atoms. The van der Waals surface area contributed by atoms with Crippen LogP contribution in [-0.4, -0.2) is 41.1 Å². The molecule has 8 nitrogen and oxygen atoms in total. The Bertz CT molecular complexity index is 1150. The minimum atomic E-state index is -0.406. The summed E-state index contributed by atoms with van der Waals surface area (Å²) in [4.78, 5) is 33.9. The summed E-state index contributed by atoms with van der Waals surface area (Å²) in [6.07, 6.45) is 5.30. The molecule has 0 atom stereocenters. The molecule has 3 aromatic rings. The van der Waals surface area contributed by atoms with E-state index in [0.717, 1.165) is 11.4 Å². The standard InChI is InChI=1S/C17H19N5O3.C8H9Cl/c1-25-14-8-12-21-17(22-14)20-10-5-3-2-4-9-18-15(23)13-7-6-11-19-16(13)24;1-2-7-3-5-8(9)6-4-7/h6-8,11-12H,4-5,9-10H2,1H3,(H,18,23)(H,19,24)(H,20,21,22);3-6H,2H2,1H3. The first-order chi connectivity index (χ1) is 16.5. The van der Waals surface area contributed by atoms with Crippen LogP contribution in [0, 0.1) is 11.8 Å². The molecule has 0 bridgehead atoms. The number of halogens is 1. The minimum Gasteiger partial charge on any atom is -0.481 e. The Labute approximate surface area is 204 Å². The number of hydrogen-bond donors (Lipinski definition) is 3. The fourth-order valence-electron chi connectivity index (χ4n) is 2.61. The van der Waals surface area contributed by atoms with Crippen molar-refractivity contribution < 1.29 is 9.53 Å². The zero-order valence-electron chi connectivity index (χ0n) is 19.2. The van der Waals surface area contributed by atoms with Crippen LogP contribution in [0.15, 0.2) is 59.7 Å². The Morgan fingerprint density at radius 3 is 2.53 bits per heavy atom. The highest BCUT2D eigenvalue weighted by molar-refractivity contribution is 6.30. The summed E-state index contributed by atoms with van der Waals surface area (Å²) in [6, 6.07) is 12.7. The number of amides is 1. The molecule has 1 amide bonds. The summed E-state index contributed by atoms with van der Waals surface area (Å²) in [7, 11) is 1.55. The largest absolute Gasteiger partial charge is 0.481 e. The van der Waals surface area contributed by atoms with Crippen LogP contribution in [0.25, 0.3) is 0 Å². The number of rotatable bonds is 8. The highest BCUT2D eigenvalue weighted by Crippen LogP contribution is 2.09. The Kier molecular flexibility index (Phi) is 11.7. The van der Waals surface area contributed by atoms with E-state index in [4.69, 9.17) is 16.3 Å². The fourth-order valence-corrected chi connectivity index (χ4v) is 2.73. The average molecular weight is 482 g/mol. The third kappa shape index (κ3) is 9.76. The molecule has 2 heterocycles. The van der Waals surface area contributed by atoms with E-state index in [9.17, 15) is 9.59 Å². The minimum absolute atomic E-state index is 0.0953. The van der Waals surface area contributed by atoms with Gasteiger partial charge in [-0.2, -0.15) is 4.98 Å². The molecule has 0 aliphatic rings. The van der Waals surface area contributed by atoms with E-state index in [1.165, 1.54) is 17.8 Å². The van der Waals surface area contributed by atoms with Crippen LogP contribution in [0.1, 0.15) is 35.7 Å². The van der Waals surface area contributed by atoms with E-state index in [1.54, 1.807) is 25.4 Å². The van der Waals surface area contributed by atoms with Gasteiger partial charge in [-0.15, -0.1) is 11.8 Å². The summed E-state index contributed by atoms with van der Waals surface area (Å²) in [6.45, 7) is 3.11. The van der Waals surface area contributed by atoms with Crippen molar-refractivity contribution in [3.05, 3.63) is 81.4 Å². The molecule has 0 saturated carbocycles. The van der Waals surface area contributed by atoms with Gasteiger partial charge in [-0.1, -0.05) is 30.7 Å². The average Bonchev–Trinajstić information content (AvgIpc) is 2.86. The second-order valence-corrected chi connectivity index (χ2v) is 7.29. The molecule has 0 fully saturated rings. The molecule has 0 aliphatic heterocycles. The summed E-state index contributed by atoms with van der Waals surface area (Å²) in [5.41, 5.74) is 1.02. The number of pyridine rings is 1. The van der Waals surface area contributed by atoms with Crippen LogP contribution in [0.2, 0.25) is 5.02 Å². The van der Waals surface area contributed by atoms with Crippen LogP contribution in [0.3, 0.4) is 0 Å². The van der Waals surface area contributed by atoms with E-state index in [-0.39, 0.29) is 5.56 Å². The van der Waals surface area contributed by atoms with E-state index in [2.05, 4.69) is 44.4 Å². The van der Waals surface area contributed by atoms with Gasteiger partial charge in [0.2, 0.25) is 11.8 Å². The lowest BCUT2D eigenvalue weighted by Crippen LogP contribution is -2.29. The zero-order chi connectivity index (χ0) is 24.6. The van der Waals surface area contributed by atoms with Gasteiger partial charge in [0.25, 0.3) is 11.5 Å². The predicted molar refractivity (Wildman–Crippen MR) is 134 cm³/mol. The smallest absolute Gasteiger partial charge is 0.260 e. The monoisotopic (exact) mass is 481 g/mol. The molecule has 0 unspecified atom stereocenters. The maximum atomic E-state index is 11.8. The maximum Gasteiger partial charge on any atom is 0.260 e. The lowest BCUT2D eigenvalue weighted by atomic mass is 10.2. The Morgan fingerprint density at radius 1 is 1.12 bits per heavy atom. The Morgan fingerprint density at radius 2 is 1.85 bits per heavy atom. The van der Waals surface area contributed by atoms with Gasteiger partial charge in [-0.05, 0) is 36.2 Å². The van der Waals surface area contributed by atoms with E-state index in [1.807, 2.05) is 24.3 Å². The maximum absolute atomic E-state index is 11.8. The van der Waals surface area contributed by atoms with E-state index < -0.39 is 11.5 Å². The van der Waals surface area contributed by atoms with Gasteiger partial charge < -0.3 is 20.4 Å². The number of methoxy groups -OCH3 is 1. The number of aromatic nitrogens is 3. The summed E-state index contributed by atoms with van der Waals surface area (Å²) in [5, 5.41) is 6.51. The van der Waals surface area contributed by atoms with E-state index in [0.29, 0.717) is 37.8 Å². The van der Waals surface area contributed by atoms with Crippen LogP contribution in [0.4, 0.5) is 5.95 Å². The van der Waals surface area contributed by atoms with Crippen molar-refractivity contribution in [2.24, 2.45) is 0 Å². The number of aryl methyl sites for hydroxylation is 1. The number of hydrogen-bond acceptors (Lipinski definition) is 6. The lowest BCUT2D eigenvalue weighted by Gasteiger charge is -2.03. The summed E-state index contributed by atoms with van der Waals surface area (Å²) >= 11 is 5.67. The number of carbonyl (C=O) groups is 1.